The highest BCUT2D eigenvalue weighted by Crippen LogP contribution is 2.55. The number of hydrogen-bond donors (Lipinski definition) is 0. The average molecular weight is 150 g/mol. The zero-order chi connectivity index (χ0) is 8.06. The second kappa shape index (κ2) is 1.96. The fraction of sp³-hybridized carbons (Fsp3) is 0.700. The Morgan fingerprint density at radius 3 is 2.82 bits per heavy atom. The third-order valence-electron chi connectivity index (χ3n) is 3.39. The van der Waals surface area contributed by atoms with Gasteiger partial charge in [-0.25, -0.2) is 0 Å². The predicted octanol–water partition coefficient (Wildman–Crippen LogP) is 2.18. The van der Waals surface area contributed by atoms with Crippen LogP contribution in [0.2, 0.25) is 0 Å². The quantitative estimate of drug-likeness (QED) is 0.523. The molecule has 0 aliphatic heterocycles. The number of fused-ring (bicyclic) bond motifs is 1. The summed E-state index contributed by atoms with van der Waals surface area (Å²) in [6.07, 6.45) is 6.24. The summed E-state index contributed by atoms with van der Waals surface area (Å²) in [5, 5.41) is 0. The van der Waals surface area contributed by atoms with Crippen molar-refractivity contribution in [3.05, 3.63) is 12.2 Å². The average Bonchev–Trinajstić information content (AvgIpc) is 2.26. The smallest absolute Gasteiger partial charge is 0.138 e. The van der Waals surface area contributed by atoms with E-state index in [4.69, 9.17) is 0 Å². The van der Waals surface area contributed by atoms with Gasteiger partial charge >= 0.3 is 0 Å². The molecule has 0 amide bonds. The lowest BCUT2D eigenvalue weighted by molar-refractivity contribution is -0.140. The molecule has 1 nitrogen and oxygen atoms in total. The van der Waals surface area contributed by atoms with Crippen molar-refractivity contribution in [1.82, 2.24) is 0 Å². The van der Waals surface area contributed by atoms with Crippen LogP contribution in [0.1, 0.15) is 26.7 Å². The molecule has 2 rings (SSSR count). The van der Waals surface area contributed by atoms with Crippen molar-refractivity contribution < 1.29 is 4.79 Å². The molecule has 2 aliphatic carbocycles. The van der Waals surface area contributed by atoms with Crippen molar-refractivity contribution in [1.29, 1.82) is 0 Å². The Morgan fingerprint density at radius 2 is 2.36 bits per heavy atom. The largest absolute Gasteiger partial charge is 0.299 e. The lowest BCUT2D eigenvalue weighted by atomic mass is 9.56. The number of carbonyl (C=O) groups excluding carboxylic acids is 1. The second-order valence-corrected chi connectivity index (χ2v) is 4.10. The molecule has 0 bridgehead atoms. The van der Waals surface area contributed by atoms with Gasteiger partial charge in [-0.05, 0) is 12.3 Å². The van der Waals surface area contributed by atoms with Crippen LogP contribution < -0.4 is 0 Å². The molecule has 60 valence electrons. The fourth-order valence-electron chi connectivity index (χ4n) is 2.47. The van der Waals surface area contributed by atoms with E-state index in [0.717, 1.165) is 12.8 Å². The molecule has 2 atom stereocenters. The Morgan fingerprint density at radius 1 is 1.64 bits per heavy atom. The van der Waals surface area contributed by atoms with E-state index in [1.807, 2.05) is 0 Å². The van der Waals surface area contributed by atoms with Crippen molar-refractivity contribution in [3.8, 4) is 0 Å². The van der Waals surface area contributed by atoms with Crippen LogP contribution in [0.25, 0.3) is 0 Å². The van der Waals surface area contributed by atoms with Crippen LogP contribution in [0.5, 0.6) is 0 Å². The SMILES string of the molecule is CC(C)C12C=CCC1C(=O)C2. The number of carbonyl (C=O) groups is 1. The molecular formula is C10H14O. The summed E-state index contributed by atoms with van der Waals surface area (Å²) in [5.41, 5.74) is 0.275. The standard InChI is InChI=1S/C10H14O/c1-7(2)10-5-3-4-8(10)9(11)6-10/h3,5,7-8H,4,6H2,1-2H3. The number of hydrogen-bond acceptors (Lipinski definition) is 1. The minimum Gasteiger partial charge on any atom is -0.299 e. The van der Waals surface area contributed by atoms with E-state index in [9.17, 15) is 4.79 Å². The topological polar surface area (TPSA) is 17.1 Å². The molecule has 0 spiro atoms. The van der Waals surface area contributed by atoms with E-state index in [0.29, 0.717) is 17.6 Å². The Labute approximate surface area is 67.5 Å². The Hall–Kier alpha value is -0.590. The van der Waals surface area contributed by atoms with Gasteiger partial charge in [0.1, 0.15) is 5.78 Å². The third kappa shape index (κ3) is 0.688. The highest BCUT2D eigenvalue weighted by Gasteiger charge is 2.54. The minimum absolute atomic E-state index is 0.275. The van der Waals surface area contributed by atoms with Gasteiger partial charge in [-0.15, -0.1) is 0 Å². The van der Waals surface area contributed by atoms with Crippen LogP contribution >= 0.6 is 0 Å². The summed E-state index contributed by atoms with van der Waals surface area (Å²) < 4.78 is 0. The first kappa shape index (κ1) is 7.08. The fourth-order valence-corrected chi connectivity index (χ4v) is 2.47. The van der Waals surface area contributed by atoms with Crippen LogP contribution in [-0.4, -0.2) is 5.78 Å². The maximum Gasteiger partial charge on any atom is 0.138 e. The molecule has 1 saturated carbocycles. The molecule has 2 aliphatic rings. The number of ketones is 1. The van der Waals surface area contributed by atoms with Gasteiger partial charge < -0.3 is 0 Å². The Bertz CT molecular complexity index is 227. The Kier molecular flexibility index (Phi) is 1.26. The monoisotopic (exact) mass is 150 g/mol. The highest BCUT2D eigenvalue weighted by molar-refractivity contribution is 5.90. The first-order chi connectivity index (χ1) is 5.17. The predicted molar refractivity (Wildman–Crippen MR) is 44.1 cm³/mol. The van der Waals surface area contributed by atoms with Gasteiger partial charge in [0.2, 0.25) is 0 Å². The Balaban J connectivity index is 2.27. The third-order valence-corrected chi connectivity index (χ3v) is 3.39. The summed E-state index contributed by atoms with van der Waals surface area (Å²) in [7, 11) is 0. The summed E-state index contributed by atoms with van der Waals surface area (Å²) in [4.78, 5) is 11.2. The maximum atomic E-state index is 11.2. The van der Waals surface area contributed by atoms with E-state index in [2.05, 4.69) is 26.0 Å². The summed E-state index contributed by atoms with van der Waals surface area (Å²) in [6.45, 7) is 4.43. The second-order valence-electron chi connectivity index (χ2n) is 4.10. The zero-order valence-corrected chi connectivity index (χ0v) is 7.13. The molecule has 0 radical (unpaired) electrons. The van der Waals surface area contributed by atoms with Crippen LogP contribution in [-0.2, 0) is 4.79 Å². The van der Waals surface area contributed by atoms with E-state index >= 15 is 0 Å². The van der Waals surface area contributed by atoms with E-state index < -0.39 is 0 Å². The van der Waals surface area contributed by atoms with E-state index in [1.54, 1.807) is 0 Å². The molecule has 1 fully saturated rings. The van der Waals surface area contributed by atoms with Gasteiger partial charge in [-0.3, -0.25) is 4.79 Å². The molecule has 0 N–H and O–H groups in total. The summed E-state index contributed by atoms with van der Waals surface area (Å²) in [5.74, 6) is 1.45. The summed E-state index contributed by atoms with van der Waals surface area (Å²) >= 11 is 0. The van der Waals surface area contributed by atoms with Gasteiger partial charge in [0.05, 0.1) is 0 Å². The van der Waals surface area contributed by atoms with Gasteiger partial charge in [0, 0.05) is 17.8 Å². The molecule has 0 saturated heterocycles. The van der Waals surface area contributed by atoms with Crippen LogP contribution in [0.15, 0.2) is 12.2 Å². The van der Waals surface area contributed by atoms with Crippen molar-refractivity contribution in [3.63, 3.8) is 0 Å². The lowest BCUT2D eigenvalue weighted by Crippen LogP contribution is -2.48. The van der Waals surface area contributed by atoms with E-state index in [1.165, 1.54) is 0 Å². The van der Waals surface area contributed by atoms with E-state index in [-0.39, 0.29) is 5.41 Å². The van der Waals surface area contributed by atoms with Gasteiger partial charge in [0.15, 0.2) is 0 Å². The first-order valence-corrected chi connectivity index (χ1v) is 4.37. The molecule has 0 aromatic carbocycles. The molecule has 11 heavy (non-hydrogen) atoms. The summed E-state index contributed by atoms with van der Waals surface area (Å²) in [6, 6.07) is 0. The van der Waals surface area contributed by atoms with Gasteiger partial charge in [0.25, 0.3) is 0 Å². The van der Waals surface area contributed by atoms with Crippen molar-refractivity contribution in [2.24, 2.45) is 17.3 Å². The highest BCUT2D eigenvalue weighted by atomic mass is 16.1. The van der Waals surface area contributed by atoms with Crippen LogP contribution in [0, 0.1) is 17.3 Å². The molecule has 0 heterocycles. The van der Waals surface area contributed by atoms with Crippen LogP contribution in [0.3, 0.4) is 0 Å². The minimum atomic E-state index is 0.275. The van der Waals surface area contributed by atoms with Crippen LogP contribution in [0.4, 0.5) is 0 Å². The molecule has 2 unspecified atom stereocenters. The lowest BCUT2D eigenvalue weighted by Gasteiger charge is -2.46. The first-order valence-electron chi connectivity index (χ1n) is 4.37. The number of rotatable bonds is 1. The number of allylic oxidation sites excluding steroid dienone is 2. The maximum absolute atomic E-state index is 11.2. The van der Waals surface area contributed by atoms with Crippen molar-refractivity contribution >= 4 is 5.78 Å². The van der Waals surface area contributed by atoms with Crippen molar-refractivity contribution in [2.45, 2.75) is 26.7 Å². The van der Waals surface area contributed by atoms with Gasteiger partial charge in [-0.1, -0.05) is 26.0 Å². The molecule has 1 heteroatoms. The molecular weight excluding hydrogens is 136 g/mol. The van der Waals surface area contributed by atoms with Gasteiger partial charge in [-0.2, -0.15) is 0 Å². The number of Topliss-reactive ketones (excluding diaryl/α,β-unsaturated/α-hetero) is 1. The molecule has 0 aromatic rings. The zero-order valence-electron chi connectivity index (χ0n) is 7.13. The normalized spacial score (nSPS) is 41.0. The van der Waals surface area contributed by atoms with Crippen molar-refractivity contribution in [2.75, 3.05) is 0 Å². The molecule has 0 aromatic heterocycles.